The molecule has 0 unspecified atom stereocenters. The highest BCUT2D eigenvalue weighted by Crippen LogP contribution is 2.18. The molecule has 3 N–H and O–H groups in total. The lowest BCUT2D eigenvalue weighted by Crippen LogP contribution is -1.90. The molecule has 1 aromatic carbocycles. The van der Waals surface area contributed by atoms with Gasteiger partial charge in [0.2, 0.25) is 5.13 Å². The van der Waals surface area contributed by atoms with Crippen LogP contribution in [0.4, 0.5) is 16.5 Å². The van der Waals surface area contributed by atoms with Crippen molar-refractivity contribution in [1.29, 1.82) is 0 Å². The van der Waals surface area contributed by atoms with Gasteiger partial charge in [-0.05, 0) is 31.2 Å². The second-order valence-electron chi connectivity index (χ2n) is 2.89. The summed E-state index contributed by atoms with van der Waals surface area (Å²) in [5.41, 5.74) is 7.29. The molecule has 0 radical (unpaired) electrons. The van der Waals surface area contributed by atoms with Crippen molar-refractivity contribution in [2.24, 2.45) is 0 Å². The van der Waals surface area contributed by atoms with Crippen LogP contribution in [-0.2, 0) is 0 Å². The predicted octanol–water partition coefficient (Wildman–Crippen LogP) is 2.17. The summed E-state index contributed by atoms with van der Waals surface area (Å²) in [6.07, 6.45) is 0. The van der Waals surface area contributed by atoms with E-state index in [-0.39, 0.29) is 0 Å². The molecule has 0 amide bonds. The third-order valence-corrected chi connectivity index (χ3v) is 2.41. The molecule has 1 aromatic heterocycles. The number of nitrogens with zero attached hydrogens (tertiary/aromatic N) is 2. The summed E-state index contributed by atoms with van der Waals surface area (Å²) >= 11 is 1.35. The molecule has 14 heavy (non-hydrogen) atoms. The van der Waals surface area contributed by atoms with Crippen LogP contribution < -0.4 is 11.1 Å². The van der Waals surface area contributed by atoms with Gasteiger partial charge in [0.25, 0.3) is 0 Å². The number of aromatic nitrogens is 2. The van der Waals surface area contributed by atoms with Crippen LogP contribution in [0.25, 0.3) is 0 Å². The van der Waals surface area contributed by atoms with E-state index >= 15 is 0 Å². The van der Waals surface area contributed by atoms with Crippen LogP contribution in [0.5, 0.6) is 0 Å². The molecule has 0 aliphatic rings. The summed E-state index contributed by atoms with van der Waals surface area (Å²) in [4.78, 5) is 4.19. The summed E-state index contributed by atoms with van der Waals surface area (Å²) in [6.45, 7) is 1.87. The number of nitrogens with one attached hydrogen (secondary N) is 1. The zero-order chi connectivity index (χ0) is 9.97. The van der Waals surface area contributed by atoms with E-state index in [0.717, 1.165) is 22.3 Å². The van der Waals surface area contributed by atoms with E-state index in [2.05, 4.69) is 14.7 Å². The van der Waals surface area contributed by atoms with Crippen molar-refractivity contribution in [1.82, 2.24) is 9.36 Å². The van der Waals surface area contributed by atoms with Crippen LogP contribution in [0.3, 0.4) is 0 Å². The predicted molar refractivity (Wildman–Crippen MR) is 58.8 cm³/mol. The van der Waals surface area contributed by atoms with Crippen LogP contribution in [0.1, 0.15) is 5.82 Å². The first-order valence-corrected chi connectivity index (χ1v) is 4.94. The fraction of sp³-hybridized carbons (Fsp3) is 0.111. The molecule has 0 atom stereocenters. The Hall–Kier alpha value is -1.62. The quantitative estimate of drug-likeness (QED) is 0.739. The largest absolute Gasteiger partial charge is 0.399 e. The van der Waals surface area contributed by atoms with Crippen molar-refractivity contribution in [3.63, 3.8) is 0 Å². The molecule has 0 spiro atoms. The summed E-state index contributed by atoms with van der Waals surface area (Å²) in [5.74, 6) is 0.785. The van der Waals surface area contributed by atoms with Gasteiger partial charge < -0.3 is 11.1 Å². The van der Waals surface area contributed by atoms with Gasteiger partial charge in [-0.25, -0.2) is 4.98 Å². The molecule has 4 nitrogen and oxygen atoms in total. The molecule has 0 saturated heterocycles. The van der Waals surface area contributed by atoms with Gasteiger partial charge in [0, 0.05) is 22.9 Å². The van der Waals surface area contributed by atoms with E-state index in [4.69, 9.17) is 5.73 Å². The fourth-order valence-electron chi connectivity index (χ4n) is 1.04. The summed E-state index contributed by atoms with van der Waals surface area (Å²) < 4.78 is 4.07. The summed E-state index contributed by atoms with van der Waals surface area (Å²) in [6, 6.07) is 7.50. The van der Waals surface area contributed by atoms with Gasteiger partial charge in [-0.15, -0.1) is 0 Å². The van der Waals surface area contributed by atoms with Crippen molar-refractivity contribution in [3.05, 3.63) is 30.1 Å². The van der Waals surface area contributed by atoms with Crippen LogP contribution in [0.2, 0.25) is 0 Å². The van der Waals surface area contributed by atoms with Crippen molar-refractivity contribution in [2.45, 2.75) is 6.92 Å². The Morgan fingerprint density at radius 1 is 1.29 bits per heavy atom. The zero-order valence-corrected chi connectivity index (χ0v) is 8.51. The number of nitrogens with two attached hydrogens (primary N) is 1. The average Bonchev–Trinajstić information content (AvgIpc) is 2.56. The van der Waals surface area contributed by atoms with Crippen LogP contribution in [0.15, 0.2) is 24.3 Å². The first-order valence-electron chi connectivity index (χ1n) is 4.17. The van der Waals surface area contributed by atoms with Crippen molar-refractivity contribution in [2.75, 3.05) is 11.1 Å². The van der Waals surface area contributed by atoms with E-state index in [0.29, 0.717) is 0 Å². The minimum atomic E-state index is 0.754. The summed E-state index contributed by atoms with van der Waals surface area (Å²) in [5, 5.41) is 3.94. The van der Waals surface area contributed by atoms with E-state index in [9.17, 15) is 0 Å². The molecule has 0 fully saturated rings. The minimum absolute atomic E-state index is 0.754. The van der Waals surface area contributed by atoms with E-state index in [1.807, 2.05) is 31.2 Å². The van der Waals surface area contributed by atoms with E-state index in [1.165, 1.54) is 11.5 Å². The average molecular weight is 206 g/mol. The van der Waals surface area contributed by atoms with Gasteiger partial charge in [0.1, 0.15) is 5.82 Å². The lowest BCUT2D eigenvalue weighted by Gasteiger charge is -2.01. The molecule has 2 rings (SSSR count). The molecule has 72 valence electrons. The van der Waals surface area contributed by atoms with Crippen LogP contribution in [0, 0.1) is 6.92 Å². The molecular weight excluding hydrogens is 196 g/mol. The lowest BCUT2D eigenvalue weighted by atomic mass is 10.3. The topological polar surface area (TPSA) is 63.8 Å². The van der Waals surface area contributed by atoms with Crippen molar-refractivity contribution >= 4 is 28.0 Å². The highest BCUT2D eigenvalue weighted by Gasteiger charge is 1.99. The van der Waals surface area contributed by atoms with Crippen molar-refractivity contribution < 1.29 is 0 Å². The standard InChI is InChI=1S/C9H10N4S/c1-6-11-9(14-13-6)12-8-4-2-7(10)3-5-8/h2-5H,10H2,1H3,(H,11,12,13). The third-order valence-electron chi connectivity index (χ3n) is 1.69. The third kappa shape index (κ3) is 2.00. The Labute approximate surface area is 86.0 Å². The van der Waals surface area contributed by atoms with Gasteiger partial charge in [0.15, 0.2) is 0 Å². The van der Waals surface area contributed by atoms with Gasteiger partial charge in [-0.3, -0.25) is 0 Å². The summed E-state index contributed by atoms with van der Waals surface area (Å²) in [7, 11) is 0. The number of anilines is 3. The SMILES string of the molecule is Cc1nsc(Nc2ccc(N)cc2)n1. The Balaban J connectivity index is 2.15. The Kier molecular flexibility index (Phi) is 2.32. The number of aryl methyl sites for hydroxylation is 1. The van der Waals surface area contributed by atoms with Gasteiger partial charge in [-0.2, -0.15) is 4.37 Å². The van der Waals surface area contributed by atoms with Gasteiger partial charge >= 0.3 is 0 Å². The van der Waals surface area contributed by atoms with E-state index in [1.54, 1.807) is 0 Å². The van der Waals surface area contributed by atoms with Crippen LogP contribution in [-0.4, -0.2) is 9.36 Å². The zero-order valence-electron chi connectivity index (χ0n) is 7.69. The second-order valence-corrected chi connectivity index (χ2v) is 3.65. The van der Waals surface area contributed by atoms with Gasteiger partial charge in [0.05, 0.1) is 0 Å². The van der Waals surface area contributed by atoms with Crippen LogP contribution >= 0.6 is 11.5 Å². The fourth-order valence-corrected chi connectivity index (χ4v) is 1.63. The molecule has 0 aliphatic heterocycles. The molecule has 1 heterocycles. The second kappa shape index (κ2) is 3.63. The number of hydrogen-bond acceptors (Lipinski definition) is 5. The normalized spacial score (nSPS) is 10.1. The van der Waals surface area contributed by atoms with E-state index < -0.39 is 0 Å². The number of nitrogen functional groups attached to an aromatic ring is 1. The first kappa shape index (κ1) is 8.96. The molecule has 2 aromatic rings. The maximum Gasteiger partial charge on any atom is 0.207 e. The van der Waals surface area contributed by atoms with Gasteiger partial charge in [-0.1, -0.05) is 0 Å². The molecule has 5 heteroatoms. The number of hydrogen-bond donors (Lipinski definition) is 2. The maximum atomic E-state index is 5.57. The number of rotatable bonds is 2. The lowest BCUT2D eigenvalue weighted by molar-refractivity contribution is 1.17. The molecule has 0 aliphatic carbocycles. The Bertz CT molecular complexity index is 421. The number of benzene rings is 1. The highest BCUT2D eigenvalue weighted by molar-refractivity contribution is 7.09. The first-order chi connectivity index (χ1) is 6.74. The monoisotopic (exact) mass is 206 g/mol. The molecule has 0 bridgehead atoms. The smallest absolute Gasteiger partial charge is 0.207 e. The minimum Gasteiger partial charge on any atom is -0.399 e. The Morgan fingerprint density at radius 3 is 2.57 bits per heavy atom. The van der Waals surface area contributed by atoms with Crippen molar-refractivity contribution in [3.8, 4) is 0 Å². The molecular formula is C9H10N4S. The maximum absolute atomic E-state index is 5.57. The highest BCUT2D eigenvalue weighted by atomic mass is 32.1. The molecule has 0 saturated carbocycles. The Morgan fingerprint density at radius 2 is 2.00 bits per heavy atom.